The largest absolute Gasteiger partial charge is 0.308 e. The topological polar surface area (TPSA) is 12.0 Å². The third-order valence-corrected chi connectivity index (χ3v) is 2.56. The molecule has 0 spiro atoms. The lowest BCUT2D eigenvalue weighted by Gasteiger charge is -2.19. The van der Waals surface area contributed by atoms with E-state index >= 15 is 0 Å². The van der Waals surface area contributed by atoms with Crippen molar-refractivity contribution in [3.8, 4) is 0 Å². The van der Waals surface area contributed by atoms with Crippen LogP contribution in [0.2, 0.25) is 0 Å². The van der Waals surface area contributed by atoms with Crippen molar-refractivity contribution in [2.45, 2.75) is 45.7 Å². The van der Waals surface area contributed by atoms with Crippen LogP contribution in [0, 0.1) is 0 Å². The molecular weight excluding hydrogens is 170 g/mol. The molecule has 0 saturated carbocycles. The Morgan fingerprint density at radius 3 is 2.36 bits per heavy atom. The molecule has 0 aliphatic carbocycles. The maximum Gasteiger partial charge on any atom is 0.0294 e. The Morgan fingerprint density at radius 2 is 1.79 bits per heavy atom. The van der Waals surface area contributed by atoms with Gasteiger partial charge < -0.3 is 5.32 Å². The highest BCUT2D eigenvalue weighted by atomic mass is 14.9. The van der Waals surface area contributed by atoms with E-state index in [1.54, 1.807) is 0 Å². The van der Waals surface area contributed by atoms with E-state index in [1.165, 1.54) is 18.4 Å². The van der Waals surface area contributed by atoms with Gasteiger partial charge >= 0.3 is 0 Å². The van der Waals surface area contributed by atoms with Crippen LogP contribution in [-0.2, 0) is 0 Å². The zero-order valence-electron chi connectivity index (χ0n) is 9.46. The zero-order chi connectivity index (χ0) is 10.4. The Kier molecular flexibility index (Phi) is 4.68. The molecule has 1 heteroatoms. The molecule has 0 saturated heterocycles. The highest BCUT2D eigenvalue weighted by Crippen LogP contribution is 2.12. The third kappa shape index (κ3) is 3.51. The molecule has 1 nitrogen and oxygen atoms in total. The Bertz CT molecular complexity index is 243. The molecule has 0 heterocycles. The summed E-state index contributed by atoms with van der Waals surface area (Å²) < 4.78 is 0. The predicted molar refractivity (Wildman–Crippen MR) is 62.4 cm³/mol. The van der Waals surface area contributed by atoms with E-state index in [0.29, 0.717) is 12.1 Å². The quantitative estimate of drug-likeness (QED) is 0.750. The van der Waals surface area contributed by atoms with Gasteiger partial charge in [-0.3, -0.25) is 0 Å². The molecule has 0 aliphatic heterocycles. The fourth-order valence-corrected chi connectivity index (χ4v) is 1.78. The SMILES string of the molecule is CCC[C@@H](C)N[C@@H](C)c1ccccc1. The number of rotatable bonds is 5. The summed E-state index contributed by atoms with van der Waals surface area (Å²) in [7, 11) is 0. The molecule has 1 aromatic rings. The van der Waals surface area contributed by atoms with Crippen LogP contribution in [0.15, 0.2) is 30.3 Å². The van der Waals surface area contributed by atoms with E-state index in [2.05, 4.69) is 56.4 Å². The molecule has 1 N–H and O–H groups in total. The van der Waals surface area contributed by atoms with E-state index < -0.39 is 0 Å². The lowest BCUT2D eigenvalue weighted by molar-refractivity contribution is 0.453. The van der Waals surface area contributed by atoms with E-state index in [1.807, 2.05) is 0 Å². The summed E-state index contributed by atoms with van der Waals surface area (Å²) in [5.41, 5.74) is 1.37. The molecule has 0 bridgehead atoms. The summed E-state index contributed by atoms with van der Waals surface area (Å²) in [6, 6.07) is 11.7. The van der Waals surface area contributed by atoms with E-state index in [9.17, 15) is 0 Å². The summed E-state index contributed by atoms with van der Waals surface area (Å²) in [6.45, 7) is 6.70. The molecule has 0 aliphatic rings. The van der Waals surface area contributed by atoms with E-state index in [-0.39, 0.29) is 0 Å². The van der Waals surface area contributed by atoms with Gasteiger partial charge in [0.1, 0.15) is 0 Å². The van der Waals surface area contributed by atoms with Crippen LogP contribution < -0.4 is 5.32 Å². The number of benzene rings is 1. The Morgan fingerprint density at radius 1 is 1.14 bits per heavy atom. The Hall–Kier alpha value is -0.820. The summed E-state index contributed by atoms with van der Waals surface area (Å²) in [4.78, 5) is 0. The summed E-state index contributed by atoms with van der Waals surface area (Å²) in [6.07, 6.45) is 2.49. The average molecular weight is 191 g/mol. The highest BCUT2D eigenvalue weighted by molar-refractivity contribution is 5.18. The zero-order valence-corrected chi connectivity index (χ0v) is 9.46. The maximum atomic E-state index is 3.60. The predicted octanol–water partition coefficient (Wildman–Crippen LogP) is 3.53. The van der Waals surface area contributed by atoms with Gasteiger partial charge in [-0.05, 0) is 25.8 Å². The van der Waals surface area contributed by atoms with Crippen LogP contribution in [0.5, 0.6) is 0 Å². The fraction of sp³-hybridized carbons (Fsp3) is 0.538. The van der Waals surface area contributed by atoms with Crippen molar-refractivity contribution < 1.29 is 0 Å². The minimum Gasteiger partial charge on any atom is -0.308 e. The van der Waals surface area contributed by atoms with Crippen molar-refractivity contribution >= 4 is 0 Å². The average Bonchev–Trinajstić information content (AvgIpc) is 2.19. The van der Waals surface area contributed by atoms with Gasteiger partial charge in [-0.25, -0.2) is 0 Å². The van der Waals surface area contributed by atoms with Crippen molar-refractivity contribution in [2.75, 3.05) is 0 Å². The van der Waals surface area contributed by atoms with Crippen LogP contribution in [0.3, 0.4) is 0 Å². The molecule has 0 aromatic heterocycles. The number of nitrogens with one attached hydrogen (secondary N) is 1. The van der Waals surface area contributed by atoms with E-state index in [4.69, 9.17) is 0 Å². The Labute approximate surface area is 87.5 Å². The lowest BCUT2D eigenvalue weighted by Crippen LogP contribution is -2.28. The van der Waals surface area contributed by atoms with Crippen LogP contribution >= 0.6 is 0 Å². The van der Waals surface area contributed by atoms with Gasteiger partial charge in [0.15, 0.2) is 0 Å². The normalized spacial score (nSPS) is 15.1. The van der Waals surface area contributed by atoms with Gasteiger partial charge in [0.2, 0.25) is 0 Å². The summed E-state index contributed by atoms with van der Waals surface area (Å²) in [5.74, 6) is 0. The molecule has 1 rings (SSSR count). The van der Waals surface area contributed by atoms with Gasteiger partial charge in [0.05, 0.1) is 0 Å². The number of hydrogen-bond donors (Lipinski definition) is 1. The molecule has 14 heavy (non-hydrogen) atoms. The van der Waals surface area contributed by atoms with Gasteiger partial charge in [-0.1, -0.05) is 43.7 Å². The molecule has 78 valence electrons. The summed E-state index contributed by atoms with van der Waals surface area (Å²) in [5, 5.41) is 3.60. The minimum absolute atomic E-state index is 0.456. The number of hydrogen-bond acceptors (Lipinski definition) is 1. The van der Waals surface area contributed by atoms with Gasteiger partial charge in [0.25, 0.3) is 0 Å². The first-order valence-corrected chi connectivity index (χ1v) is 5.55. The van der Waals surface area contributed by atoms with Crippen LogP contribution in [0.1, 0.15) is 45.2 Å². The molecule has 0 amide bonds. The van der Waals surface area contributed by atoms with Crippen LogP contribution in [0.25, 0.3) is 0 Å². The smallest absolute Gasteiger partial charge is 0.0294 e. The van der Waals surface area contributed by atoms with Gasteiger partial charge in [-0.15, -0.1) is 0 Å². The second kappa shape index (κ2) is 5.82. The summed E-state index contributed by atoms with van der Waals surface area (Å²) >= 11 is 0. The second-order valence-electron chi connectivity index (χ2n) is 3.99. The standard InChI is InChI=1S/C13H21N/c1-4-8-11(2)14-12(3)13-9-6-5-7-10-13/h5-7,9-12,14H,4,8H2,1-3H3/t11-,12+/m1/s1. The maximum absolute atomic E-state index is 3.60. The molecule has 0 fully saturated rings. The Balaban J connectivity index is 2.46. The van der Waals surface area contributed by atoms with Crippen molar-refractivity contribution in [3.05, 3.63) is 35.9 Å². The van der Waals surface area contributed by atoms with Gasteiger partial charge in [0, 0.05) is 12.1 Å². The first-order chi connectivity index (χ1) is 6.74. The van der Waals surface area contributed by atoms with Crippen LogP contribution in [0.4, 0.5) is 0 Å². The first kappa shape index (κ1) is 11.3. The second-order valence-corrected chi connectivity index (χ2v) is 3.99. The van der Waals surface area contributed by atoms with Crippen molar-refractivity contribution in [3.63, 3.8) is 0 Å². The molecule has 0 radical (unpaired) electrons. The third-order valence-electron chi connectivity index (χ3n) is 2.56. The van der Waals surface area contributed by atoms with Crippen molar-refractivity contribution in [2.24, 2.45) is 0 Å². The van der Waals surface area contributed by atoms with Crippen molar-refractivity contribution in [1.82, 2.24) is 5.32 Å². The first-order valence-electron chi connectivity index (χ1n) is 5.55. The van der Waals surface area contributed by atoms with Crippen LogP contribution in [-0.4, -0.2) is 6.04 Å². The molecule has 0 unspecified atom stereocenters. The molecule has 1 aromatic carbocycles. The van der Waals surface area contributed by atoms with Crippen molar-refractivity contribution in [1.29, 1.82) is 0 Å². The lowest BCUT2D eigenvalue weighted by atomic mass is 10.1. The minimum atomic E-state index is 0.456. The van der Waals surface area contributed by atoms with E-state index in [0.717, 1.165) is 0 Å². The molecule has 2 atom stereocenters. The highest BCUT2D eigenvalue weighted by Gasteiger charge is 2.07. The molecular formula is C13H21N. The van der Waals surface area contributed by atoms with Gasteiger partial charge in [-0.2, -0.15) is 0 Å². The fourth-order valence-electron chi connectivity index (χ4n) is 1.78. The monoisotopic (exact) mass is 191 g/mol.